The van der Waals surface area contributed by atoms with E-state index < -0.39 is 5.97 Å². The van der Waals surface area contributed by atoms with E-state index in [2.05, 4.69) is 31.3 Å². The van der Waals surface area contributed by atoms with E-state index >= 15 is 0 Å². The van der Waals surface area contributed by atoms with Gasteiger partial charge >= 0.3 is 5.97 Å². The van der Waals surface area contributed by atoms with E-state index in [1.165, 1.54) is 18.4 Å². The van der Waals surface area contributed by atoms with Gasteiger partial charge in [-0.05, 0) is 18.9 Å². The molecule has 0 unspecified atom stereocenters. The summed E-state index contributed by atoms with van der Waals surface area (Å²) < 4.78 is 5.84. The zero-order valence-corrected chi connectivity index (χ0v) is 15.9. The number of hydrogen-bond donors (Lipinski definition) is 1. The molecule has 0 aromatic rings. The Morgan fingerprint density at radius 3 is 2.46 bits per heavy atom. The first-order valence-electron chi connectivity index (χ1n) is 8.80. The molecule has 1 rings (SSSR count). The van der Waals surface area contributed by atoms with Crippen molar-refractivity contribution in [3.8, 4) is 0 Å². The van der Waals surface area contributed by atoms with Crippen molar-refractivity contribution in [3.05, 3.63) is 86.2 Å². The number of ether oxygens (including phenoxy) is 1. The Balaban J connectivity index is 2.95. The van der Waals surface area contributed by atoms with Crippen LogP contribution in [0.5, 0.6) is 0 Å². The normalized spacial score (nSPS) is 18.5. The lowest BCUT2D eigenvalue weighted by atomic mass is 10.1. The largest absolute Gasteiger partial charge is 0.478 e. The number of carbonyl (C=O) groups is 2. The molecule has 1 heterocycles. The summed E-state index contributed by atoms with van der Waals surface area (Å²) in [5, 5.41) is 9.14. The molecule has 1 saturated heterocycles. The Morgan fingerprint density at radius 2 is 1.89 bits per heavy atom. The third-order valence-electron chi connectivity index (χ3n) is 3.87. The van der Waals surface area contributed by atoms with Gasteiger partial charge < -0.3 is 14.7 Å². The molecule has 0 aromatic heterocycles. The van der Waals surface area contributed by atoms with Gasteiger partial charge in [-0.1, -0.05) is 56.7 Å². The van der Waals surface area contributed by atoms with E-state index in [0.717, 1.165) is 6.42 Å². The maximum absolute atomic E-state index is 12.8. The average molecular weight is 382 g/mol. The Hall–Kier alpha value is -3.41. The first-order chi connectivity index (χ1) is 13.5. The number of aliphatic imine (C=N–C) groups is 1. The zero-order chi connectivity index (χ0) is 20.9. The predicted molar refractivity (Wildman–Crippen MR) is 112 cm³/mol. The van der Waals surface area contributed by atoms with Crippen molar-refractivity contribution in [3.63, 3.8) is 0 Å². The lowest BCUT2D eigenvalue weighted by Gasteiger charge is -2.33. The number of carboxylic acid groups (broad SMARTS) is 1. The Bertz CT molecular complexity index is 756. The van der Waals surface area contributed by atoms with Crippen molar-refractivity contribution >= 4 is 17.8 Å². The fraction of sp³-hybridized carbons (Fsp3) is 0.227. The van der Waals surface area contributed by atoms with E-state index in [-0.39, 0.29) is 23.5 Å². The number of allylic oxidation sites excluding steroid dienone is 4. The van der Waals surface area contributed by atoms with Gasteiger partial charge in [0.25, 0.3) is 5.91 Å². The van der Waals surface area contributed by atoms with Gasteiger partial charge in [-0.3, -0.25) is 4.79 Å². The van der Waals surface area contributed by atoms with Crippen LogP contribution in [0.3, 0.4) is 0 Å². The number of aliphatic carboxylic acids is 1. The van der Waals surface area contributed by atoms with Crippen molar-refractivity contribution in [2.24, 2.45) is 4.99 Å². The van der Waals surface area contributed by atoms with Gasteiger partial charge in [-0.25, -0.2) is 9.79 Å². The number of likely N-dealkylation sites (tertiary alicyclic amines) is 1. The number of piperidine rings is 1. The lowest BCUT2D eigenvalue weighted by molar-refractivity contribution is -0.132. The molecule has 1 amide bonds. The highest BCUT2D eigenvalue weighted by Crippen LogP contribution is 2.17. The molecule has 1 aliphatic rings. The Morgan fingerprint density at radius 1 is 1.14 bits per heavy atom. The summed E-state index contributed by atoms with van der Waals surface area (Å²) >= 11 is 0. The van der Waals surface area contributed by atoms with Crippen LogP contribution in [0.4, 0.5) is 0 Å². The molecule has 0 bridgehead atoms. The molecule has 0 spiro atoms. The number of carbonyl (C=O) groups excluding carboxylic acids is 1. The minimum Gasteiger partial charge on any atom is -0.478 e. The van der Waals surface area contributed by atoms with Gasteiger partial charge in [-0.2, -0.15) is 0 Å². The topological polar surface area (TPSA) is 79.2 Å². The Kier molecular flexibility index (Phi) is 9.75. The molecular weight excluding hydrogens is 356 g/mol. The molecule has 1 N–H and O–H groups in total. The van der Waals surface area contributed by atoms with E-state index in [1.807, 2.05) is 0 Å². The van der Waals surface area contributed by atoms with Crippen molar-refractivity contribution in [1.29, 1.82) is 0 Å². The number of carboxylic acids is 1. The third kappa shape index (κ3) is 7.07. The van der Waals surface area contributed by atoms with Crippen molar-refractivity contribution in [1.82, 2.24) is 4.90 Å². The van der Waals surface area contributed by atoms with Crippen LogP contribution in [-0.4, -0.2) is 47.0 Å². The second-order valence-electron chi connectivity index (χ2n) is 5.84. The molecule has 0 radical (unpaired) electrons. The van der Waals surface area contributed by atoms with Crippen LogP contribution in [-0.2, 0) is 14.3 Å². The van der Waals surface area contributed by atoms with Crippen LogP contribution in [0.1, 0.15) is 12.8 Å². The van der Waals surface area contributed by atoms with Crippen LogP contribution >= 0.6 is 0 Å². The molecule has 1 atom stereocenters. The van der Waals surface area contributed by atoms with Crippen molar-refractivity contribution < 1.29 is 19.4 Å². The number of nitrogens with zero attached hydrogens (tertiary/aromatic N) is 2. The summed E-state index contributed by atoms with van der Waals surface area (Å²) in [6.07, 6.45) is 13.1. The summed E-state index contributed by atoms with van der Waals surface area (Å²) in [5.41, 5.74) is 0.449. The third-order valence-corrected chi connectivity index (χ3v) is 3.87. The van der Waals surface area contributed by atoms with Crippen LogP contribution in [0.2, 0.25) is 0 Å². The summed E-state index contributed by atoms with van der Waals surface area (Å²) in [4.78, 5) is 29.6. The molecular formula is C22H26N2O4. The van der Waals surface area contributed by atoms with Crippen LogP contribution < -0.4 is 0 Å². The molecule has 1 aliphatic heterocycles. The van der Waals surface area contributed by atoms with Gasteiger partial charge in [-0.15, -0.1) is 0 Å². The summed E-state index contributed by atoms with van der Waals surface area (Å²) in [6.45, 7) is 15.2. The summed E-state index contributed by atoms with van der Waals surface area (Å²) in [5.74, 6) is -1.16. The highest BCUT2D eigenvalue weighted by atomic mass is 16.5. The molecule has 6 nitrogen and oxygen atoms in total. The van der Waals surface area contributed by atoms with E-state index in [9.17, 15) is 9.59 Å². The van der Waals surface area contributed by atoms with Crippen molar-refractivity contribution in [2.45, 2.75) is 18.9 Å². The highest BCUT2D eigenvalue weighted by Gasteiger charge is 2.26. The molecule has 148 valence electrons. The Labute approximate surface area is 165 Å². The van der Waals surface area contributed by atoms with Gasteiger partial charge in [0.1, 0.15) is 6.10 Å². The number of hydrogen-bond acceptors (Lipinski definition) is 4. The predicted octanol–water partition coefficient (Wildman–Crippen LogP) is 3.59. The van der Waals surface area contributed by atoms with E-state index in [4.69, 9.17) is 9.84 Å². The minimum absolute atomic E-state index is 0.0462. The lowest BCUT2D eigenvalue weighted by Crippen LogP contribution is -2.44. The molecule has 0 saturated carbocycles. The smallest absolute Gasteiger partial charge is 0.335 e. The van der Waals surface area contributed by atoms with Crippen LogP contribution in [0.15, 0.2) is 91.2 Å². The summed E-state index contributed by atoms with van der Waals surface area (Å²) in [7, 11) is 0. The minimum atomic E-state index is -1.14. The maximum Gasteiger partial charge on any atom is 0.335 e. The molecule has 6 heteroatoms. The van der Waals surface area contributed by atoms with Gasteiger partial charge in [0.15, 0.2) is 0 Å². The monoisotopic (exact) mass is 382 g/mol. The standard InChI is InChI=1S/C22H26N2O4/c1-5-9-12-18(11-6-2)21(25)24-14-10-13-19(16-24)28-20(23-8-4)15-17(7-3)22(26)27/h5-9,11-12,15,19H,1-4,10,13-14,16H2,(H,26,27)/b12-9-,17-15+,18-11+,23-20?/t19-/m1/s1. The molecule has 28 heavy (non-hydrogen) atoms. The quantitative estimate of drug-likeness (QED) is 0.286. The number of rotatable bonds is 9. The fourth-order valence-electron chi connectivity index (χ4n) is 2.60. The van der Waals surface area contributed by atoms with Crippen LogP contribution in [0.25, 0.3) is 0 Å². The number of amides is 1. The second-order valence-corrected chi connectivity index (χ2v) is 5.84. The zero-order valence-electron chi connectivity index (χ0n) is 15.9. The maximum atomic E-state index is 12.8. The molecule has 1 fully saturated rings. The average Bonchev–Trinajstić information content (AvgIpc) is 2.68. The second kappa shape index (κ2) is 12.1. The van der Waals surface area contributed by atoms with Gasteiger partial charge in [0, 0.05) is 24.4 Å². The molecule has 0 aromatic carbocycles. The van der Waals surface area contributed by atoms with E-state index in [0.29, 0.717) is 25.1 Å². The first-order valence-corrected chi connectivity index (χ1v) is 8.80. The fourth-order valence-corrected chi connectivity index (χ4v) is 2.60. The summed E-state index contributed by atoms with van der Waals surface area (Å²) in [6, 6.07) is 0. The van der Waals surface area contributed by atoms with Gasteiger partial charge in [0.2, 0.25) is 5.90 Å². The highest BCUT2D eigenvalue weighted by molar-refractivity contribution is 6.00. The SMILES string of the molecule is C=C/C=C\C(=C/C=C)C(=O)N1CCC[C@@H](OC(/C=C(\C=C)C(=O)O)=NC=C)C1. The molecule has 0 aliphatic carbocycles. The van der Waals surface area contributed by atoms with Gasteiger partial charge in [0.05, 0.1) is 12.1 Å². The van der Waals surface area contributed by atoms with Crippen molar-refractivity contribution in [2.75, 3.05) is 13.1 Å². The van der Waals surface area contributed by atoms with E-state index in [1.54, 1.807) is 35.3 Å². The van der Waals surface area contributed by atoms with Crippen LogP contribution in [0, 0.1) is 0 Å². The first kappa shape index (κ1) is 22.6.